The number of hydrogen-bond donors (Lipinski definition) is 1. The summed E-state index contributed by atoms with van der Waals surface area (Å²) in [6.45, 7) is 4.90. The fourth-order valence-corrected chi connectivity index (χ4v) is 2.99. The van der Waals surface area contributed by atoms with Gasteiger partial charge in [0.25, 0.3) is 0 Å². The van der Waals surface area contributed by atoms with Gasteiger partial charge in [-0.15, -0.1) is 35.3 Å². The number of nitrogens with zero attached hydrogens (tertiary/aromatic N) is 2. The van der Waals surface area contributed by atoms with E-state index in [1.807, 2.05) is 12.1 Å². The first-order chi connectivity index (χ1) is 11.3. The number of furan rings is 1. The molecule has 2 aromatic rings. The molecule has 24 heavy (non-hydrogen) atoms. The molecule has 0 saturated heterocycles. The molecule has 0 radical (unpaired) electrons. The zero-order valence-corrected chi connectivity index (χ0v) is 17.7. The smallest absolute Gasteiger partial charge is 0.193 e. The molecule has 0 aliphatic heterocycles. The molecule has 0 aliphatic rings. The van der Waals surface area contributed by atoms with E-state index in [4.69, 9.17) is 9.41 Å². The van der Waals surface area contributed by atoms with Gasteiger partial charge < -0.3 is 14.6 Å². The van der Waals surface area contributed by atoms with E-state index in [0.29, 0.717) is 0 Å². The minimum Gasteiger partial charge on any atom is -0.469 e. The Morgan fingerprint density at radius 2 is 2.17 bits per heavy atom. The van der Waals surface area contributed by atoms with Gasteiger partial charge in [0.05, 0.1) is 6.26 Å². The van der Waals surface area contributed by atoms with Crippen molar-refractivity contribution >= 4 is 41.3 Å². The molecule has 0 aliphatic carbocycles. The van der Waals surface area contributed by atoms with Crippen LogP contribution in [0.4, 0.5) is 0 Å². The number of aliphatic imine (C=N–C) groups is 1. The van der Waals surface area contributed by atoms with E-state index in [2.05, 4.69) is 41.7 Å². The SMILES string of the molecule is CCCCN(C)C(=NCCc1cccs1)NCCc1ccco1.I. The Morgan fingerprint density at radius 1 is 1.29 bits per heavy atom. The molecule has 2 rings (SSSR count). The summed E-state index contributed by atoms with van der Waals surface area (Å²) in [4.78, 5) is 8.39. The van der Waals surface area contributed by atoms with Gasteiger partial charge in [-0.25, -0.2) is 0 Å². The van der Waals surface area contributed by atoms with Crippen LogP contribution in [0.1, 0.15) is 30.4 Å². The summed E-state index contributed by atoms with van der Waals surface area (Å²) in [7, 11) is 2.11. The van der Waals surface area contributed by atoms with Crippen molar-refractivity contribution in [3.63, 3.8) is 0 Å². The van der Waals surface area contributed by atoms with Gasteiger partial charge in [0, 0.05) is 44.4 Å². The molecular formula is C18H28IN3OS. The molecule has 1 N–H and O–H groups in total. The van der Waals surface area contributed by atoms with Crippen molar-refractivity contribution in [1.82, 2.24) is 10.2 Å². The van der Waals surface area contributed by atoms with Crippen LogP contribution in [0.3, 0.4) is 0 Å². The molecule has 0 bridgehead atoms. The lowest BCUT2D eigenvalue weighted by Gasteiger charge is -2.22. The van der Waals surface area contributed by atoms with Crippen molar-refractivity contribution in [2.24, 2.45) is 4.99 Å². The van der Waals surface area contributed by atoms with Crippen LogP contribution in [0.2, 0.25) is 0 Å². The maximum absolute atomic E-state index is 5.38. The highest BCUT2D eigenvalue weighted by Gasteiger charge is 2.06. The monoisotopic (exact) mass is 461 g/mol. The quantitative estimate of drug-likeness (QED) is 0.342. The Balaban J connectivity index is 0.00000288. The number of halogens is 1. The zero-order valence-electron chi connectivity index (χ0n) is 14.5. The third kappa shape index (κ3) is 7.70. The average molecular weight is 461 g/mol. The highest BCUT2D eigenvalue weighted by atomic mass is 127. The predicted octanol–water partition coefficient (Wildman–Crippen LogP) is 4.42. The van der Waals surface area contributed by atoms with E-state index in [9.17, 15) is 0 Å². The van der Waals surface area contributed by atoms with E-state index in [-0.39, 0.29) is 24.0 Å². The van der Waals surface area contributed by atoms with Gasteiger partial charge in [-0.3, -0.25) is 4.99 Å². The second-order valence-corrected chi connectivity index (χ2v) is 6.60. The summed E-state index contributed by atoms with van der Waals surface area (Å²) in [5.41, 5.74) is 0. The maximum atomic E-state index is 5.38. The topological polar surface area (TPSA) is 40.8 Å². The Labute approximate surface area is 166 Å². The van der Waals surface area contributed by atoms with E-state index in [1.165, 1.54) is 17.7 Å². The first kappa shape index (κ1) is 21.0. The van der Waals surface area contributed by atoms with Crippen LogP contribution >= 0.6 is 35.3 Å². The van der Waals surface area contributed by atoms with Crippen molar-refractivity contribution in [2.75, 3.05) is 26.7 Å². The maximum Gasteiger partial charge on any atom is 0.193 e. The summed E-state index contributed by atoms with van der Waals surface area (Å²) in [5.74, 6) is 1.99. The third-order valence-corrected chi connectivity index (χ3v) is 4.58. The minimum atomic E-state index is 0. The lowest BCUT2D eigenvalue weighted by Crippen LogP contribution is -2.40. The number of rotatable bonds is 9. The van der Waals surface area contributed by atoms with Gasteiger partial charge in [-0.05, 0) is 30.0 Å². The third-order valence-electron chi connectivity index (χ3n) is 3.64. The summed E-state index contributed by atoms with van der Waals surface area (Å²) in [6, 6.07) is 8.21. The van der Waals surface area contributed by atoms with Crippen LogP contribution in [0.15, 0.2) is 45.3 Å². The molecule has 0 aromatic carbocycles. The van der Waals surface area contributed by atoms with Crippen molar-refractivity contribution < 1.29 is 4.42 Å². The molecule has 0 saturated carbocycles. The highest BCUT2D eigenvalue weighted by molar-refractivity contribution is 14.0. The van der Waals surface area contributed by atoms with Crippen LogP contribution in [0.5, 0.6) is 0 Å². The van der Waals surface area contributed by atoms with Crippen LogP contribution in [0.25, 0.3) is 0 Å². The van der Waals surface area contributed by atoms with Crippen molar-refractivity contribution in [2.45, 2.75) is 32.6 Å². The van der Waals surface area contributed by atoms with Gasteiger partial charge in [0.2, 0.25) is 0 Å². The van der Waals surface area contributed by atoms with Crippen molar-refractivity contribution in [3.05, 3.63) is 46.5 Å². The van der Waals surface area contributed by atoms with Gasteiger partial charge in [0.15, 0.2) is 5.96 Å². The zero-order chi connectivity index (χ0) is 16.3. The minimum absolute atomic E-state index is 0. The summed E-state index contributed by atoms with van der Waals surface area (Å²) in [5, 5.41) is 5.59. The Hall–Kier alpha value is -1.02. The molecule has 2 heterocycles. The lowest BCUT2D eigenvalue weighted by atomic mass is 10.3. The fraction of sp³-hybridized carbons (Fsp3) is 0.500. The molecule has 0 atom stereocenters. The first-order valence-electron chi connectivity index (χ1n) is 8.33. The van der Waals surface area contributed by atoms with Gasteiger partial charge in [0.1, 0.15) is 5.76 Å². The van der Waals surface area contributed by atoms with E-state index < -0.39 is 0 Å². The number of hydrogen-bond acceptors (Lipinski definition) is 3. The molecular weight excluding hydrogens is 433 g/mol. The number of nitrogens with one attached hydrogen (secondary N) is 1. The number of thiophene rings is 1. The highest BCUT2D eigenvalue weighted by Crippen LogP contribution is 2.09. The summed E-state index contributed by atoms with van der Waals surface area (Å²) >= 11 is 1.80. The Bertz CT molecular complexity index is 555. The molecule has 0 spiro atoms. The second-order valence-electron chi connectivity index (χ2n) is 5.57. The molecule has 4 nitrogen and oxygen atoms in total. The molecule has 0 fully saturated rings. The average Bonchev–Trinajstić information content (AvgIpc) is 3.24. The second kappa shape index (κ2) is 12.4. The molecule has 134 valence electrons. The molecule has 0 amide bonds. The van der Waals surface area contributed by atoms with Crippen molar-refractivity contribution in [3.8, 4) is 0 Å². The van der Waals surface area contributed by atoms with Crippen LogP contribution < -0.4 is 5.32 Å². The molecule has 2 aromatic heterocycles. The number of guanidine groups is 1. The predicted molar refractivity (Wildman–Crippen MR) is 114 cm³/mol. The Kier molecular flexibility index (Phi) is 10.8. The van der Waals surface area contributed by atoms with Gasteiger partial charge in [-0.1, -0.05) is 19.4 Å². The Morgan fingerprint density at radius 3 is 2.83 bits per heavy atom. The first-order valence-corrected chi connectivity index (χ1v) is 9.21. The van der Waals surface area contributed by atoms with E-state index in [1.54, 1.807) is 17.6 Å². The molecule has 0 unspecified atom stereocenters. The van der Waals surface area contributed by atoms with Crippen LogP contribution in [-0.4, -0.2) is 37.5 Å². The lowest BCUT2D eigenvalue weighted by molar-refractivity contribution is 0.459. The van der Waals surface area contributed by atoms with Gasteiger partial charge >= 0.3 is 0 Å². The van der Waals surface area contributed by atoms with Crippen LogP contribution in [0, 0.1) is 0 Å². The fourth-order valence-electron chi connectivity index (χ4n) is 2.29. The summed E-state index contributed by atoms with van der Waals surface area (Å²) in [6.07, 6.45) is 5.97. The standard InChI is InChI=1S/C18H27N3OS.HI/c1-3-4-13-21(2)18(19-11-9-16-7-5-14-22-16)20-12-10-17-8-6-15-23-17;/h5-8,14-15H,3-4,9-13H2,1-2H3,(H,19,20);1H. The van der Waals surface area contributed by atoms with E-state index in [0.717, 1.165) is 44.2 Å². The van der Waals surface area contributed by atoms with E-state index >= 15 is 0 Å². The summed E-state index contributed by atoms with van der Waals surface area (Å²) < 4.78 is 5.38. The van der Waals surface area contributed by atoms with Gasteiger partial charge in [-0.2, -0.15) is 0 Å². The van der Waals surface area contributed by atoms with Crippen LogP contribution in [-0.2, 0) is 12.8 Å². The normalized spacial score (nSPS) is 11.2. The molecule has 6 heteroatoms. The number of unbranched alkanes of at least 4 members (excludes halogenated alkanes) is 1. The largest absolute Gasteiger partial charge is 0.469 e. The van der Waals surface area contributed by atoms with Crippen molar-refractivity contribution in [1.29, 1.82) is 0 Å².